The highest BCUT2D eigenvalue weighted by atomic mass is 35.5. The molecule has 0 unspecified atom stereocenters. The van der Waals surface area contributed by atoms with Gasteiger partial charge in [0.1, 0.15) is 0 Å². The maximum atomic E-state index is 10.7. The molecule has 76 valence electrons. The van der Waals surface area contributed by atoms with Gasteiger partial charge < -0.3 is 5.11 Å². The molecular formula is C9H5ClN2O2S. The van der Waals surface area contributed by atoms with Crippen LogP contribution in [0.3, 0.4) is 0 Å². The molecule has 2 aromatic heterocycles. The number of nitrogens with zero attached hydrogens (tertiary/aromatic N) is 2. The van der Waals surface area contributed by atoms with Crippen molar-refractivity contribution in [1.29, 1.82) is 0 Å². The van der Waals surface area contributed by atoms with E-state index in [-0.39, 0.29) is 5.69 Å². The molecule has 15 heavy (non-hydrogen) atoms. The van der Waals surface area contributed by atoms with Gasteiger partial charge in [-0.2, -0.15) is 0 Å². The first-order valence-electron chi connectivity index (χ1n) is 3.99. The number of aromatic carboxylic acids is 1. The molecule has 0 aliphatic heterocycles. The van der Waals surface area contributed by atoms with E-state index in [0.29, 0.717) is 10.2 Å². The average molecular weight is 241 g/mol. The van der Waals surface area contributed by atoms with Crippen LogP contribution in [0.5, 0.6) is 0 Å². The Balaban J connectivity index is 2.45. The predicted molar refractivity (Wildman–Crippen MR) is 57.3 cm³/mol. The van der Waals surface area contributed by atoms with E-state index in [1.54, 1.807) is 12.1 Å². The molecule has 2 rings (SSSR count). The van der Waals surface area contributed by atoms with E-state index in [4.69, 9.17) is 16.7 Å². The summed E-state index contributed by atoms with van der Waals surface area (Å²) in [7, 11) is 0. The molecule has 0 fully saturated rings. The molecule has 0 aromatic carbocycles. The van der Waals surface area contributed by atoms with Crippen molar-refractivity contribution in [2.45, 2.75) is 0 Å². The monoisotopic (exact) mass is 240 g/mol. The molecule has 2 heterocycles. The number of carbonyl (C=O) groups is 1. The Morgan fingerprint density at radius 2 is 2.20 bits per heavy atom. The summed E-state index contributed by atoms with van der Waals surface area (Å²) in [4.78, 5) is 19.3. The van der Waals surface area contributed by atoms with Crippen molar-refractivity contribution in [2.75, 3.05) is 0 Å². The minimum Gasteiger partial charge on any atom is -0.477 e. The lowest BCUT2D eigenvalue weighted by Gasteiger charge is -1.96. The van der Waals surface area contributed by atoms with Crippen LogP contribution in [0.4, 0.5) is 0 Å². The molecule has 2 aromatic rings. The van der Waals surface area contributed by atoms with Crippen molar-refractivity contribution < 1.29 is 9.90 Å². The van der Waals surface area contributed by atoms with Crippen molar-refractivity contribution in [3.63, 3.8) is 0 Å². The molecule has 0 saturated heterocycles. The van der Waals surface area contributed by atoms with E-state index in [2.05, 4.69) is 9.97 Å². The number of carboxylic acid groups (broad SMARTS) is 1. The summed E-state index contributed by atoms with van der Waals surface area (Å²) < 4.78 is 0.620. The van der Waals surface area contributed by atoms with Crippen LogP contribution >= 0.6 is 22.9 Å². The Morgan fingerprint density at radius 3 is 2.80 bits per heavy atom. The smallest absolute Gasteiger partial charge is 0.354 e. The third kappa shape index (κ3) is 2.14. The van der Waals surface area contributed by atoms with Gasteiger partial charge in [-0.15, -0.1) is 11.3 Å². The SMILES string of the molecule is O=C(O)c1ccnc(-c2ccc(Cl)s2)n1. The van der Waals surface area contributed by atoms with Crippen LogP contribution in [-0.4, -0.2) is 21.0 Å². The average Bonchev–Trinajstić information content (AvgIpc) is 2.65. The van der Waals surface area contributed by atoms with Crippen LogP contribution in [-0.2, 0) is 0 Å². The fourth-order valence-corrected chi connectivity index (χ4v) is 2.02. The lowest BCUT2D eigenvalue weighted by molar-refractivity contribution is 0.0690. The third-order valence-corrected chi connectivity index (χ3v) is 2.90. The Labute approximate surface area is 94.2 Å². The summed E-state index contributed by atoms with van der Waals surface area (Å²) in [6, 6.07) is 4.83. The lowest BCUT2D eigenvalue weighted by atomic mass is 10.4. The molecule has 0 atom stereocenters. The van der Waals surface area contributed by atoms with Gasteiger partial charge in [0, 0.05) is 6.20 Å². The normalized spacial score (nSPS) is 10.2. The number of rotatable bonds is 2. The van der Waals surface area contributed by atoms with E-state index in [1.807, 2.05) is 0 Å². The van der Waals surface area contributed by atoms with E-state index >= 15 is 0 Å². The first-order chi connectivity index (χ1) is 7.16. The highest BCUT2D eigenvalue weighted by Crippen LogP contribution is 2.28. The zero-order valence-corrected chi connectivity index (χ0v) is 8.92. The Hall–Kier alpha value is -1.46. The zero-order chi connectivity index (χ0) is 10.8. The van der Waals surface area contributed by atoms with Gasteiger partial charge in [-0.25, -0.2) is 14.8 Å². The second-order valence-corrected chi connectivity index (χ2v) is 4.39. The molecule has 0 aliphatic rings. The molecule has 4 nitrogen and oxygen atoms in total. The van der Waals surface area contributed by atoms with Crippen LogP contribution < -0.4 is 0 Å². The molecule has 0 spiro atoms. The summed E-state index contributed by atoms with van der Waals surface area (Å²) in [5.41, 5.74) is -0.0236. The van der Waals surface area contributed by atoms with Gasteiger partial charge in [-0.05, 0) is 18.2 Å². The Morgan fingerprint density at radius 1 is 1.40 bits per heavy atom. The van der Waals surface area contributed by atoms with E-state index in [9.17, 15) is 4.79 Å². The molecule has 0 saturated carbocycles. The summed E-state index contributed by atoms with van der Waals surface area (Å²) in [5, 5.41) is 8.75. The summed E-state index contributed by atoms with van der Waals surface area (Å²) in [5.74, 6) is -0.687. The van der Waals surface area contributed by atoms with E-state index in [1.165, 1.54) is 23.6 Å². The van der Waals surface area contributed by atoms with Crippen LogP contribution in [0, 0.1) is 0 Å². The predicted octanol–water partition coefficient (Wildman–Crippen LogP) is 2.56. The third-order valence-electron chi connectivity index (χ3n) is 1.67. The molecule has 1 N–H and O–H groups in total. The quantitative estimate of drug-likeness (QED) is 0.876. The Kier molecular flexibility index (Phi) is 2.66. The zero-order valence-electron chi connectivity index (χ0n) is 7.35. The fourth-order valence-electron chi connectivity index (χ4n) is 1.03. The first-order valence-corrected chi connectivity index (χ1v) is 5.18. The number of carboxylic acids is 1. The minimum absolute atomic E-state index is 0.0236. The van der Waals surface area contributed by atoms with Crippen LogP contribution in [0.25, 0.3) is 10.7 Å². The molecular weight excluding hydrogens is 236 g/mol. The van der Waals surface area contributed by atoms with Crippen molar-refractivity contribution >= 4 is 28.9 Å². The summed E-state index contributed by atoms with van der Waals surface area (Å²) in [6.45, 7) is 0. The molecule has 0 amide bonds. The lowest BCUT2D eigenvalue weighted by Crippen LogP contribution is -2.01. The summed E-state index contributed by atoms with van der Waals surface area (Å²) >= 11 is 7.07. The molecule has 0 bridgehead atoms. The van der Waals surface area contributed by atoms with Crippen molar-refractivity contribution in [2.24, 2.45) is 0 Å². The van der Waals surface area contributed by atoms with Gasteiger partial charge in [0.2, 0.25) is 0 Å². The number of aromatic nitrogens is 2. The number of thiophene rings is 1. The maximum Gasteiger partial charge on any atom is 0.354 e. The van der Waals surface area contributed by atoms with Crippen molar-refractivity contribution in [1.82, 2.24) is 9.97 Å². The van der Waals surface area contributed by atoms with Gasteiger partial charge in [-0.3, -0.25) is 0 Å². The van der Waals surface area contributed by atoms with Gasteiger partial charge in [0.05, 0.1) is 9.21 Å². The second kappa shape index (κ2) is 3.96. The summed E-state index contributed by atoms with van der Waals surface area (Å²) in [6.07, 6.45) is 1.42. The maximum absolute atomic E-state index is 10.7. The van der Waals surface area contributed by atoms with Crippen LogP contribution in [0.1, 0.15) is 10.5 Å². The molecule has 0 aliphatic carbocycles. The molecule has 0 radical (unpaired) electrons. The van der Waals surface area contributed by atoms with E-state index in [0.717, 1.165) is 4.88 Å². The number of hydrogen-bond donors (Lipinski definition) is 1. The first kappa shape index (κ1) is 10.1. The topological polar surface area (TPSA) is 63.1 Å². The van der Waals surface area contributed by atoms with Crippen LogP contribution in [0.2, 0.25) is 4.34 Å². The molecule has 6 heteroatoms. The van der Waals surface area contributed by atoms with Crippen molar-refractivity contribution in [3.05, 3.63) is 34.4 Å². The highest BCUT2D eigenvalue weighted by Gasteiger charge is 2.09. The van der Waals surface area contributed by atoms with Gasteiger partial charge in [-0.1, -0.05) is 11.6 Å². The van der Waals surface area contributed by atoms with Gasteiger partial charge >= 0.3 is 5.97 Å². The van der Waals surface area contributed by atoms with E-state index < -0.39 is 5.97 Å². The fraction of sp³-hybridized carbons (Fsp3) is 0. The van der Waals surface area contributed by atoms with Gasteiger partial charge in [0.25, 0.3) is 0 Å². The van der Waals surface area contributed by atoms with Crippen molar-refractivity contribution in [3.8, 4) is 10.7 Å². The largest absolute Gasteiger partial charge is 0.477 e. The second-order valence-electron chi connectivity index (χ2n) is 2.67. The van der Waals surface area contributed by atoms with Gasteiger partial charge in [0.15, 0.2) is 11.5 Å². The number of hydrogen-bond acceptors (Lipinski definition) is 4. The van der Waals surface area contributed by atoms with Crippen LogP contribution in [0.15, 0.2) is 24.4 Å². The standard InChI is InChI=1S/C9H5ClN2O2S/c10-7-2-1-6(15-7)8-11-4-3-5(12-8)9(13)14/h1-4H,(H,13,14). The Bertz CT molecular complexity index is 512. The minimum atomic E-state index is -1.07. The number of halogens is 1. The highest BCUT2D eigenvalue weighted by molar-refractivity contribution is 7.19.